The van der Waals surface area contributed by atoms with Gasteiger partial charge in [0.05, 0.1) is 0 Å². The number of hydrogen-bond acceptors (Lipinski definition) is 4. The number of rotatable bonds is 6. The molecule has 0 amide bonds. The Morgan fingerprint density at radius 3 is 1.08 bits per heavy atom. The normalized spacial score (nSPS) is 12.4. The Balaban J connectivity index is 1.03. The second kappa shape index (κ2) is 15.1. The van der Waals surface area contributed by atoms with E-state index in [1.165, 1.54) is 33.4 Å². The number of hydrogen-bond donors (Lipinski definition) is 0. The lowest BCUT2D eigenvalue weighted by atomic mass is 9.87. The smallest absolute Gasteiger partial charge is 0.178 e. The van der Waals surface area contributed by atoms with E-state index in [4.69, 9.17) is 8.83 Å². The van der Waals surface area contributed by atoms with Gasteiger partial charge in [-0.3, -0.25) is 0 Å². The Kier molecular flexibility index (Phi) is 9.50. The molecule has 326 valence electrons. The Labute approximate surface area is 387 Å². The molecule has 2 aromatic heterocycles. The summed E-state index contributed by atoms with van der Waals surface area (Å²) in [4.78, 5) is 4.77. The first-order chi connectivity index (χ1) is 31.5. The highest BCUT2D eigenvalue weighted by Crippen LogP contribution is 2.45. The Morgan fingerprint density at radius 2 is 0.697 bits per heavy atom. The van der Waals surface area contributed by atoms with Gasteiger partial charge < -0.3 is 18.6 Å². The number of aryl methyl sites for hydroxylation is 4. The molecule has 4 nitrogen and oxygen atoms in total. The van der Waals surface area contributed by atoms with Crippen molar-refractivity contribution in [2.24, 2.45) is 0 Å². The summed E-state index contributed by atoms with van der Waals surface area (Å²) >= 11 is 0. The van der Waals surface area contributed by atoms with Crippen molar-refractivity contribution in [3.05, 3.63) is 191 Å². The summed E-state index contributed by atoms with van der Waals surface area (Å²) in [6.45, 7) is 22.3. The molecule has 66 heavy (non-hydrogen) atoms. The van der Waals surface area contributed by atoms with Gasteiger partial charge >= 0.3 is 0 Å². The van der Waals surface area contributed by atoms with Crippen LogP contribution in [0.2, 0.25) is 0 Å². The molecule has 0 aliphatic rings. The van der Waals surface area contributed by atoms with Crippen LogP contribution in [0.3, 0.4) is 0 Å². The first-order valence-corrected chi connectivity index (χ1v) is 23.2. The second-order valence-electron chi connectivity index (χ2n) is 20.7. The maximum Gasteiger partial charge on any atom is 0.178 e. The largest absolute Gasteiger partial charge is 0.452 e. The lowest BCUT2D eigenvalue weighted by Crippen LogP contribution is -2.14. The molecule has 0 atom stereocenters. The SMILES string of the molecule is Cc1cc(C)cc(N(c2cccc(C(C)(C)C)c2)c2ccc3cc4c(cc3c2)oc2c4ccc3c4cc5ccc(N(c6cc(C)cc(C)c6)c6cccc(C(C)(C)C)c6)cc5cc4oc32)c1. The first-order valence-electron chi connectivity index (χ1n) is 23.2. The zero-order valence-corrected chi connectivity index (χ0v) is 39.7. The molecule has 0 spiro atoms. The van der Waals surface area contributed by atoms with E-state index >= 15 is 0 Å². The van der Waals surface area contributed by atoms with Crippen LogP contribution < -0.4 is 9.80 Å². The van der Waals surface area contributed by atoms with Gasteiger partial charge in [0.2, 0.25) is 0 Å². The van der Waals surface area contributed by atoms with Gasteiger partial charge in [0, 0.05) is 55.7 Å². The van der Waals surface area contributed by atoms with Crippen LogP contribution in [0.25, 0.3) is 65.4 Å². The molecular weight excluding hydrogens is 805 g/mol. The van der Waals surface area contributed by atoms with Crippen LogP contribution in [0.4, 0.5) is 34.1 Å². The topological polar surface area (TPSA) is 32.8 Å². The highest BCUT2D eigenvalue weighted by Gasteiger charge is 2.23. The molecule has 0 radical (unpaired) electrons. The van der Waals surface area contributed by atoms with Crippen molar-refractivity contribution in [3.63, 3.8) is 0 Å². The van der Waals surface area contributed by atoms with Crippen molar-refractivity contribution in [2.45, 2.75) is 80.1 Å². The van der Waals surface area contributed by atoms with Crippen LogP contribution in [-0.4, -0.2) is 0 Å². The van der Waals surface area contributed by atoms with E-state index in [0.29, 0.717) is 0 Å². The lowest BCUT2D eigenvalue weighted by molar-refractivity contribution is 0.590. The van der Waals surface area contributed by atoms with Crippen LogP contribution in [0.5, 0.6) is 0 Å². The van der Waals surface area contributed by atoms with E-state index in [9.17, 15) is 0 Å². The highest BCUT2D eigenvalue weighted by molar-refractivity contribution is 6.21. The van der Waals surface area contributed by atoms with E-state index in [2.05, 4.69) is 237 Å². The van der Waals surface area contributed by atoms with Gasteiger partial charge in [0.15, 0.2) is 11.2 Å². The van der Waals surface area contributed by atoms with E-state index in [1.807, 2.05) is 0 Å². The minimum atomic E-state index is 0.0193. The quantitative estimate of drug-likeness (QED) is 0.167. The third-order valence-corrected chi connectivity index (χ3v) is 13.3. The number of benzene rings is 9. The predicted molar refractivity (Wildman–Crippen MR) is 282 cm³/mol. The van der Waals surface area contributed by atoms with Crippen LogP contribution in [-0.2, 0) is 10.8 Å². The Hall–Kier alpha value is -7.30. The van der Waals surface area contributed by atoms with Crippen LogP contribution >= 0.6 is 0 Å². The van der Waals surface area contributed by atoms with Gasteiger partial charge in [0.1, 0.15) is 11.2 Å². The summed E-state index contributed by atoms with van der Waals surface area (Å²) in [6.07, 6.45) is 0. The third-order valence-electron chi connectivity index (χ3n) is 13.3. The van der Waals surface area contributed by atoms with E-state index in [1.54, 1.807) is 0 Å². The molecule has 0 aliphatic heterocycles. The molecule has 0 saturated heterocycles. The Morgan fingerprint density at radius 1 is 0.318 bits per heavy atom. The third kappa shape index (κ3) is 7.26. The van der Waals surface area contributed by atoms with Crippen molar-refractivity contribution < 1.29 is 8.83 Å². The van der Waals surface area contributed by atoms with Crippen molar-refractivity contribution >= 4 is 99.5 Å². The number of nitrogens with zero attached hydrogens (tertiary/aromatic N) is 2. The summed E-state index contributed by atoms with van der Waals surface area (Å²) in [5, 5.41) is 8.79. The van der Waals surface area contributed by atoms with Gasteiger partial charge in [-0.25, -0.2) is 0 Å². The zero-order chi connectivity index (χ0) is 45.8. The zero-order valence-electron chi connectivity index (χ0n) is 39.7. The average molecular weight is 861 g/mol. The summed E-state index contributed by atoms with van der Waals surface area (Å²) in [5.41, 5.74) is 17.6. The standard InChI is InChI=1S/C62H56N2O2/c1-37-23-38(2)26-51(25-37)63(47-15-11-13-45(35-47)61(5,6)7)49-19-17-41-31-55-53-21-22-54-56-32-42-18-20-50(30-44(42)34-58(56)66-60(54)59(53)65-57(55)33-43(41)29-49)64(52-27-39(3)24-40(4)28-52)48-16-12-14-46(36-48)62(8,9)10/h11-36H,1-10H3. The average Bonchev–Trinajstić information content (AvgIpc) is 3.81. The number of fused-ring (bicyclic) bond motifs is 9. The molecule has 11 aromatic rings. The predicted octanol–water partition coefficient (Wildman–Crippen LogP) is 18.6. The number of furan rings is 2. The fourth-order valence-corrected chi connectivity index (χ4v) is 10.1. The molecule has 11 rings (SSSR count). The fraction of sp³-hybridized carbons (Fsp3) is 0.194. The van der Waals surface area contributed by atoms with Crippen molar-refractivity contribution in [3.8, 4) is 0 Å². The second-order valence-corrected chi connectivity index (χ2v) is 20.7. The summed E-state index contributed by atoms with van der Waals surface area (Å²) in [5.74, 6) is 0. The van der Waals surface area contributed by atoms with Crippen molar-refractivity contribution in [1.29, 1.82) is 0 Å². The maximum absolute atomic E-state index is 6.84. The molecule has 0 unspecified atom stereocenters. The van der Waals surface area contributed by atoms with E-state index in [-0.39, 0.29) is 10.8 Å². The molecule has 2 heterocycles. The van der Waals surface area contributed by atoms with E-state index in [0.717, 1.165) is 99.5 Å². The molecule has 4 heteroatoms. The van der Waals surface area contributed by atoms with Crippen LogP contribution in [0.1, 0.15) is 74.9 Å². The van der Waals surface area contributed by atoms with E-state index < -0.39 is 0 Å². The van der Waals surface area contributed by atoms with Gasteiger partial charge in [-0.1, -0.05) is 90.1 Å². The molecule has 0 N–H and O–H groups in total. The lowest BCUT2D eigenvalue weighted by Gasteiger charge is -2.28. The van der Waals surface area contributed by atoms with Gasteiger partial charge in [-0.2, -0.15) is 0 Å². The molecule has 0 fully saturated rings. The van der Waals surface area contributed by atoms with Crippen molar-refractivity contribution in [1.82, 2.24) is 0 Å². The highest BCUT2D eigenvalue weighted by atomic mass is 16.4. The van der Waals surface area contributed by atoms with Crippen LogP contribution in [0.15, 0.2) is 167 Å². The van der Waals surface area contributed by atoms with Gasteiger partial charge in [-0.05, 0) is 203 Å². The monoisotopic (exact) mass is 860 g/mol. The number of anilines is 6. The minimum absolute atomic E-state index is 0.0193. The Bertz CT molecular complexity index is 3450. The fourth-order valence-electron chi connectivity index (χ4n) is 10.1. The molecule has 0 saturated carbocycles. The van der Waals surface area contributed by atoms with Gasteiger partial charge in [0.25, 0.3) is 0 Å². The molecule has 0 aliphatic carbocycles. The summed E-state index contributed by atoms with van der Waals surface area (Å²) in [7, 11) is 0. The first kappa shape index (κ1) is 41.4. The maximum atomic E-state index is 6.84. The molecule has 0 bridgehead atoms. The summed E-state index contributed by atoms with van der Waals surface area (Å²) in [6, 6.07) is 58.4. The summed E-state index contributed by atoms with van der Waals surface area (Å²) < 4.78 is 13.7. The van der Waals surface area contributed by atoms with Crippen molar-refractivity contribution in [2.75, 3.05) is 9.80 Å². The minimum Gasteiger partial charge on any atom is -0.452 e. The van der Waals surface area contributed by atoms with Gasteiger partial charge in [-0.15, -0.1) is 0 Å². The van der Waals surface area contributed by atoms with Crippen LogP contribution in [0, 0.1) is 27.7 Å². The molecular formula is C62H56N2O2. The molecule has 9 aromatic carbocycles.